The fourth-order valence-electron chi connectivity index (χ4n) is 2.04. The smallest absolute Gasteiger partial charge is 0.312 e. The molecule has 0 spiro atoms. The average molecular weight is 304 g/mol. The van der Waals surface area contributed by atoms with Gasteiger partial charge in [-0.25, -0.2) is 0 Å². The molecule has 0 bridgehead atoms. The number of rotatable bonds is 10. The van der Waals surface area contributed by atoms with Gasteiger partial charge < -0.3 is 13.6 Å². The van der Waals surface area contributed by atoms with E-state index < -0.39 is 8.60 Å². The molecule has 0 amide bonds. The highest BCUT2D eigenvalue weighted by atomic mass is 31.2. The van der Waals surface area contributed by atoms with Gasteiger partial charge in [0.2, 0.25) is 0 Å². The molecule has 0 atom stereocenters. The molecule has 3 nitrogen and oxygen atoms in total. The fraction of sp³-hybridized carbons (Fsp3) is 1.00. The van der Waals surface area contributed by atoms with Crippen molar-refractivity contribution in [2.24, 2.45) is 0 Å². The van der Waals surface area contributed by atoms with E-state index in [2.05, 4.69) is 34.6 Å². The van der Waals surface area contributed by atoms with Gasteiger partial charge in [0.1, 0.15) is 11.2 Å². The zero-order valence-electron chi connectivity index (χ0n) is 14.0. The third kappa shape index (κ3) is 5.97. The van der Waals surface area contributed by atoms with Crippen LogP contribution in [0.4, 0.5) is 0 Å². The Bertz CT molecular complexity index is 250. The summed E-state index contributed by atoms with van der Waals surface area (Å²) < 4.78 is 17.5. The Hall–Kier alpha value is 0.310. The highest BCUT2D eigenvalue weighted by molar-refractivity contribution is 7.42. The molecule has 0 radical (unpaired) electrons. The van der Waals surface area contributed by atoms with Crippen LogP contribution in [0.1, 0.15) is 86.0 Å². The molecule has 1 saturated heterocycles. The maximum Gasteiger partial charge on any atom is 0.333 e. The molecule has 20 heavy (non-hydrogen) atoms. The predicted molar refractivity (Wildman–Crippen MR) is 85.8 cm³/mol. The molecule has 0 aromatic rings. The second kappa shape index (κ2) is 8.68. The van der Waals surface area contributed by atoms with Crippen molar-refractivity contribution in [3.63, 3.8) is 0 Å². The summed E-state index contributed by atoms with van der Waals surface area (Å²) in [6.07, 6.45) is 10.5. The van der Waals surface area contributed by atoms with Crippen molar-refractivity contribution in [1.29, 1.82) is 0 Å². The molecule has 0 aromatic heterocycles. The number of hydrogen-bond acceptors (Lipinski definition) is 3. The molecule has 1 heterocycles. The molecular formula is C16H33O3P. The second-order valence-corrected chi connectivity index (χ2v) is 7.81. The molecule has 0 N–H and O–H groups in total. The van der Waals surface area contributed by atoms with Crippen LogP contribution in [0.5, 0.6) is 0 Å². The van der Waals surface area contributed by atoms with Crippen LogP contribution in [0.15, 0.2) is 0 Å². The van der Waals surface area contributed by atoms with E-state index in [0.717, 1.165) is 13.0 Å². The SMILES string of the molecule is CCCCCCCCCCOP1OC(C)(C)C(C)(C)O1. The zero-order valence-corrected chi connectivity index (χ0v) is 14.9. The summed E-state index contributed by atoms with van der Waals surface area (Å²) in [5.74, 6) is 0. The molecule has 0 unspecified atom stereocenters. The van der Waals surface area contributed by atoms with Crippen molar-refractivity contribution in [2.75, 3.05) is 6.61 Å². The van der Waals surface area contributed by atoms with Crippen molar-refractivity contribution in [3.8, 4) is 0 Å². The lowest BCUT2D eigenvalue weighted by atomic mass is 9.90. The van der Waals surface area contributed by atoms with E-state index in [4.69, 9.17) is 13.6 Å². The predicted octanol–water partition coefficient (Wildman–Crippen LogP) is 5.97. The van der Waals surface area contributed by atoms with Crippen LogP contribution in [0.3, 0.4) is 0 Å². The van der Waals surface area contributed by atoms with Crippen LogP contribution in [-0.4, -0.2) is 17.8 Å². The molecule has 120 valence electrons. The van der Waals surface area contributed by atoms with Crippen molar-refractivity contribution < 1.29 is 13.6 Å². The monoisotopic (exact) mass is 304 g/mol. The average Bonchev–Trinajstić information content (AvgIpc) is 2.56. The maximum atomic E-state index is 5.86. The van der Waals surface area contributed by atoms with Gasteiger partial charge in [0, 0.05) is 0 Å². The van der Waals surface area contributed by atoms with E-state index in [1.54, 1.807) is 0 Å². The van der Waals surface area contributed by atoms with Gasteiger partial charge in [0.05, 0.1) is 6.61 Å². The van der Waals surface area contributed by atoms with Crippen LogP contribution in [0.2, 0.25) is 0 Å². The van der Waals surface area contributed by atoms with E-state index in [0.29, 0.717) is 0 Å². The molecule has 0 aliphatic carbocycles. The minimum absolute atomic E-state index is 0.266. The lowest BCUT2D eigenvalue weighted by Gasteiger charge is -2.29. The first-order valence-corrected chi connectivity index (χ1v) is 9.30. The lowest BCUT2D eigenvalue weighted by molar-refractivity contribution is 0.00578. The van der Waals surface area contributed by atoms with Crippen molar-refractivity contribution in [3.05, 3.63) is 0 Å². The van der Waals surface area contributed by atoms with E-state index in [9.17, 15) is 0 Å². The van der Waals surface area contributed by atoms with Crippen molar-refractivity contribution in [1.82, 2.24) is 0 Å². The Morgan fingerprint density at radius 2 is 1.20 bits per heavy atom. The standard InChI is InChI=1S/C16H33O3P/c1-6-7-8-9-10-11-12-13-14-17-20-18-15(2,3)16(4,5)19-20/h6-14H2,1-5H3. The molecule has 1 fully saturated rings. The van der Waals surface area contributed by atoms with Gasteiger partial charge in [-0.3, -0.25) is 0 Å². The molecule has 1 aliphatic heterocycles. The Kier molecular flexibility index (Phi) is 7.97. The summed E-state index contributed by atoms with van der Waals surface area (Å²) >= 11 is 0. The number of unbranched alkanes of at least 4 members (excludes halogenated alkanes) is 7. The second-order valence-electron chi connectivity index (χ2n) is 6.73. The van der Waals surface area contributed by atoms with Crippen LogP contribution in [-0.2, 0) is 13.6 Å². The largest absolute Gasteiger partial charge is 0.333 e. The molecule has 0 saturated carbocycles. The topological polar surface area (TPSA) is 27.7 Å². The third-order valence-electron chi connectivity index (χ3n) is 4.25. The van der Waals surface area contributed by atoms with E-state index in [1.165, 1.54) is 44.9 Å². The van der Waals surface area contributed by atoms with Gasteiger partial charge >= 0.3 is 8.60 Å². The summed E-state index contributed by atoms with van der Waals surface area (Å²) in [4.78, 5) is 0. The minimum atomic E-state index is -1.15. The van der Waals surface area contributed by atoms with E-state index in [1.807, 2.05) is 0 Å². The van der Waals surface area contributed by atoms with Crippen molar-refractivity contribution >= 4 is 8.60 Å². The Labute approximate surface area is 126 Å². The van der Waals surface area contributed by atoms with Crippen LogP contribution in [0.25, 0.3) is 0 Å². The van der Waals surface area contributed by atoms with Crippen LogP contribution >= 0.6 is 8.60 Å². The first kappa shape index (κ1) is 18.4. The normalized spacial score (nSPS) is 21.4. The van der Waals surface area contributed by atoms with E-state index >= 15 is 0 Å². The van der Waals surface area contributed by atoms with Crippen molar-refractivity contribution in [2.45, 2.75) is 97.2 Å². The molecule has 0 aromatic carbocycles. The van der Waals surface area contributed by atoms with Crippen LogP contribution in [0, 0.1) is 0 Å². The first-order chi connectivity index (χ1) is 9.39. The molecule has 4 heteroatoms. The summed E-state index contributed by atoms with van der Waals surface area (Å²) in [5.41, 5.74) is -0.532. The van der Waals surface area contributed by atoms with Gasteiger partial charge in [-0.15, -0.1) is 0 Å². The first-order valence-electron chi connectivity index (χ1n) is 8.20. The highest BCUT2D eigenvalue weighted by Crippen LogP contribution is 2.58. The van der Waals surface area contributed by atoms with Gasteiger partial charge in [-0.1, -0.05) is 51.9 Å². The summed E-state index contributed by atoms with van der Waals surface area (Å²) in [6.45, 7) is 11.3. The number of hydrogen-bond donors (Lipinski definition) is 0. The summed E-state index contributed by atoms with van der Waals surface area (Å²) in [5, 5.41) is 0. The molecule has 1 rings (SSSR count). The van der Waals surface area contributed by atoms with Gasteiger partial charge in [-0.2, -0.15) is 0 Å². The van der Waals surface area contributed by atoms with Crippen LogP contribution < -0.4 is 0 Å². The molecular weight excluding hydrogens is 271 g/mol. The zero-order chi connectivity index (χ0) is 15.1. The Morgan fingerprint density at radius 1 is 0.750 bits per heavy atom. The fourth-order valence-corrected chi connectivity index (χ4v) is 3.64. The van der Waals surface area contributed by atoms with Gasteiger partial charge in [0.25, 0.3) is 0 Å². The lowest BCUT2D eigenvalue weighted by Crippen LogP contribution is -2.41. The minimum Gasteiger partial charge on any atom is -0.312 e. The van der Waals surface area contributed by atoms with E-state index in [-0.39, 0.29) is 11.2 Å². The summed E-state index contributed by atoms with van der Waals surface area (Å²) in [6, 6.07) is 0. The van der Waals surface area contributed by atoms with Gasteiger partial charge in [-0.05, 0) is 34.1 Å². The molecule has 1 aliphatic rings. The third-order valence-corrected chi connectivity index (χ3v) is 5.85. The Balaban J connectivity index is 1.98. The maximum absolute atomic E-state index is 5.86. The van der Waals surface area contributed by atoms with Gasteiger partial charge in [0.15, 0.2) is 0 Å². The Morgan fingerprint density at radius 3 is 1.70 bits per heavy atom. The highest BCUT2D eigenvalue weighted by Gasteiger charge is 2.50. The summed E-state index contributed by atoms with van der Waals surface area (Å²) in [7, 11) is -1.15. The quantitative estimate of drug-likeness (QED) is 0.367.